The molecule has 26 heavy (non-hydrogen) atoms. The standard InChI is InChI=1S/C18H29F2N3O2.HI/c1-13(2)12-24-9-5-8-22-18(21-4)23-11-15-10-14(3)6-7-16(15)25-17(19)20;/h6-7,10,13,17H,5,8-9,11-12H2,1-4H3,(H2,21,22,23);1H. The van der Waals surface area contributed by atoms with Crippen LogP contribution in [0.25, 0.3) is 0 Å². The van der Waals surface area contributed by atoms with Gasteiger partial charge < -0.3 is 20.1 Å². The Morgan fingerprint density at radius 3 is 2.58 bits per heavy atom. The number of hydrogen-bond donors (Lipinski definition) is 2. The first-order valence-corrected chi connectivity index (χ1v) is 8.49. The molecule has 2 N–H and O–H groups in total. The summed E-state index contributed by atoms with van der Waals surface area (Å²) < 4.78 is 35.1. The van der Waals surface area contributed by atoms with Crippen molar-refractivity contribution in [3.63, 3.8) is 0 Å². The first-order chi connectivity index (χ1) is 11.9. The Kier molecular flexibility index (Phi) is 13.3. The second-order valence-electron chi connectivity index (χ2n) is 6.16. The van der Waals surface area contributed by atoms with Gasteiger partial charge in [-0.25, -0.2) is 0 Å². The molecule has 0 aliphatic heterocycles. The molecule has 0 atom stereocenters. The van der Waals surface area contributed by atoms with Crippen molar-refractivity contribution in [1.82, 2.24) is 10.6 Å². The first-order valence-electron chi connectivity index (χ1n) is 8.49. The number of halogens is 3. The molecule has 1 rings (SSSR count). The van der Waals surface area contributed by atoms with E-state index >= 15 is 0 Å². The van der Waals surface area contributed by atoms with E-state index in [1.165, 1.54) is 0 Å². The maximum Gasteiger partial charge on any atom is 0.387 e. The van der Waals surface area contributed by atoms with Gasteiger partial charge >= 0.3 is 6.61 Å². The summed E-state index contributed by atoms with van der Waals surface area (Å²) >= 11 is 0. The second-order valence-corrected chi connectivity index (χ2v) is 6.16. The normalized spacial score (nSPS) is 11.5. The van der Waals surface area contributed by atoms with E-state index in [4.69, 9.17) is 4.74 Å². The highest BCUT2D eigenvalue weighted by molar-refractivity contribution is 14.0. The summed E-state index contributed by atoms with van der Waals surface area (Å²) in [7, 11) is 1.66. The zero-order valence-corrected chi connectivity index (χ0v) is 18.2. The predicted molar refractivity (Wildman–Crippen MR) is 112 cm³/mol. The van der Waals surface area contributed by atoms with E-state index in [-0.39, 0.29) is 29.7 Å². The van der Waals surface area contributed by atoms with Crippen LogP contribution in [0.15, 0.2) is 23.2 Å². The van der Waals surface area contributed by atoms with Crippen LogP contribution in [0.5, 0.6) is 5.75 Å². The minimum absolute atomic E-state index is 0. The van der Waals surface area contributed by atoms with Crippen LogP contribution in [0.1, 0.15) is 31.4 Å². The van der Waals surface area contributed by atoms with Gasteiger partial charge in [0.25, 0.3) is 0 Å². The average molecular weight is 485 g/mol. The molecule has 150 valence electrons. The van der Waals surface area contributed by atoms with Crippen molar-refractivity contribution in [3.05, 3.63) is 29.3 Å². The fraction of sp³-hybridized carbons (Fsp3) is 0.611. The highest BCUT2D eigenvalue weighted by Gasteiger charge is 2.10. The van der Waals surface area contributed by atoms with E-state index in [0.717, 1.165) is 18.6 Å². The summed E-state index contributed by atoms with van der Waals surface area (Å²) in [5.74, 6) is 1.31. The van der Waals surface area contributed by atoms with Crippen LogP contribution in [0, 0.1) is 12.8 Å². The van der Waals surface area contributed by atoms with Crippen molar-refractivity contribution in [1.29, 1.82) is 0 Å². The number of nitrogens with zero attached hydrogens (tertiary/aromatic N) is 1. The molecule has 0 saturated heterocycles. The lowest BCUT2D eigenvalue weighted by Gasteiger charge is -2.15. The van der Waals surface area contributed by atoms with E-state index in [1.807, 2.05) is 13.0 Å². The molecule has 1 aromatic carbocycles. The molecule has 0 aromatic heterocycles. The molecule has 8 heteroatoms. The number of rotatable bonds is 10. The Labute approximate surface area is 172 Å². The predicted octanol–water partition coefficient (Wildman–Crippen LogP) is 3.94. The third kappa shape index (κ3) is 10.7. The van der Waals surface area contributed by atoms with E-state index in [0.29, 0.717) is 37.1 Å². The summed E-state index contributed by atoms with van der Waals surface area (Å²) in [6.45, 7) is 5.78. The molecule has 0 amide bonds. The van der Waals surface area contributed by atoms with Crippen molar-refractivity contribution in [3.8, 4) is 5.75 Å². The second kappa shape index (κ2) is 14.0. The molecule has 0 fully saturated rings. The number of aryl methyl sites for hydroxylation is 1. The summed E-state index contributed by atoms with van der Waals surface area (Å²) in [4.78, 5) is 4.13. The van der Waals surface area contributed by atoms with Crippen LogP contribution >= 0.6 is 24.0 Å². The molecule has 0 aliphatic rings. The Bertz CT molecular complexity index is 543. The molecule has 5 nitrogen and oxygen atoms in total. The van der Waals surface area contributed by atoms with Crippen molar-refractivity contribution in [2.24, 2.45) is 10.9 Å². The minimum Gasteiger partial charge on any atom is -0.434 e. The number of benzene rings is 1. The van der Waals surface area contributed by atoms with Gasteiger partial charge in [-0.05, 0) is 25.3 Å². The van der Waals surface area contributed by atoms with Crippen LogP contribution in [0.3, 0.4) is 0 Å². The third-order valence-corrected chi connectivity index (χ3v) is 3.31. The van der Waals surface area contributed by atoms with Crippen LogP contribution < -0.4 is 15.4 Å². The summed E-state index contributed by atoms with van der Waals surface area (Å²) in [6.07, 6.45) is 0.859. The van der Waals surface area contributed by atoms with Gasteiger partial charge in [0.05, 0.1) is 0 Å². The van der Waals surface area contributed by atoms with Gasteiger partial charge in [0.1, 0.15) is 5.75 Å². The first kappa shape index (κ1) is 24.8. The fourth-order valence-corrected chi connectivity index (χ4v) is 2.16. The Hall–Kier alpha value is -1.16. The topological polar surface area (TPSA) is 54.9 Å². The van der Waals surface area contributed by atoms with E-state index in [1.54, 1.807) is 19.2 Å². The zero-order valence-electron chi connectivity index (χ0n) is 15.9. The molecular formula is C18H30F2IN3O2. The van der Waals surface area contributed by atoms with Gasteiger partial charge in [-0.2, -0.15) is 8.78 Å². The van der Waals surface area contributed by atoms with Gasteiger partial charge in [-0.15, -0.1) is 24.0 Å². The SMILES string of the molecule is CN=C(NCCCOCC(C)C)NCc1cc(C)ccc1OC(F)F.I. The van der Waals surface area contributed by atoms with E-state index < -0.39 is 6.61 Å². The maximum atomic E-state index is 12.5. The number of aliphatic imine (C=N–C) groups is 1. The van der Waals surface area contributed by atoms with Gasteiger partial charge in [-0.3, -0.25) is 4.99 Å². The smallest absolute Gasteiger partial charge is 0.387 e. The lowest BCUT2D eigenvalue weighted by molar-refractivity contribution is -0.0504. The number of hydrogen-bond acceptors (Lipinski definition) is 3. The Balaban J connectivity index is 0.00000625. The minimum atomic E-state index is -2.84. The molecule has 0 radical (unpaired) electrons. The summed E-state index contributed by atoms with van der Waals surface area (Å²) in [5.41, 5.74) is 1.63. The van der Waals surface area contributed by atoms with Crippen LogP contribution in [0.4, 0.5) is 8.78 Å². The van der Waals surface area contributed by atoms with Gasteiger partial charge in [0, 0.05) is 38.9 Å². The van der Waals surface area contributed by atoms with Crippen molar-refractivity contribution in [2.75, 3.05) is 26.8 Å². The average Bonchev–Trinajstić information content (AvgIpc) is 2.55. The lowest BCUT2D eigenvalue weighted by Crippen LogP contribution is -2.37. The molecule has 0 saturated carbocycles. The molecule has 0 spiro atoms. The Morgan fingerprint density at radius 2 is 1.96 bits per heavy atom. The monoisotopic (exact) mass is 485 g/mol. The van der Waals surface area contributed by atoms with Crippen LogP contribution in [-0.2, 0) is 11.3 Å². The largest absolute Gasteiger partial charge is 0.434 e. The Morgan fingerprint density at radius 1 is 1.23 bits per heavy atom. The highest BCUT2D eigenvalue weighted by Crippen LogP contribution is 2.21. The van der Waals surface area contributed by atoms with Crippen molar-refractivity contribution in [2.45, 2.75) is 40.3 Å². The van der Waals surface area contributed by atoms with E-state index in [9.17, 15) is 8.78 Å². The van der Waals surface area contributed by atoms with Gasteiger partial charge in [-0.1, -0.05) is 31.5 Å². The van der Waals surface area contributed by atoms with Crippen LogP contribution in [-0.4, -0.2) is 39.4 Å². The summed E-state index contributed by atoms with van der Waals surface area (Å²) in [6, 6.07) is 5.12. The molecule has 0 unspecified atom stereocenters. The zero-order chi connectivity index (χ0) is 18.7. The molecule has 0 aliphatic carbocycles. The van der Waals surface area contributed by atoms with Gasteiger partial charge in [0.15, 0.2) is 5.96 Å². The summed E-state index contributed by atoms with van der Waals surface area (Å²) in [5, 5.41) is 6.28. The number of guanidine groups is 1. The number of nitrogens with one attached hydrogen (secondary N) is 2. The molecule has 1 aromatic rings. The quantitative estimate of drug-likeness (QED) is 0.228. The van der Waals surface area contributed by atoms with Crippen LogP contribution in [0.2, 0.25) is 0 Å². The van der Waals surface area contributed by atoms with E-state index in [2.05, 4.69) is 34.2 Å². The highest BCUT2D eigenvalue weighted by atomic mass is 127. The molecule has 0 heterocycles. The number of alkyl halides is 2. The maximum absolute atomic E-state index is 12.5. The third-order valence-electron chi connectivity index (χ3n) is 3.31. The van der Waals surface area contributed by atoms with Gasteiger partial charge in [0.2, 0.25) is 0 Å². The lowest BCUT2D eigenvalue weighted by atomic mass is 10.1. The number of ether oxygens (including phenoxy) is 2. The van der Waals surface area contributed by atoms with Crippen molar-refractivity contribution < 1.29 is 18.3 Å². The molecular weight excluding hydrogens is 455 g/mol. The molecule has 0 bridgehead atoms. The fourth-order valence-electron chi connectivity index (χ4n) is 2.16. The van der Waals surface area contributed by atoms with Crippen molar-refractivity contribution >= 4 is 29.9 Å².